The minimum absolute atomic E-state index is 0.0347. The molecule has 10 heteroatoms. The van der Waals surface area contributed by atoms with Gasteiger partial charge in [0, 0.05) is 50.0 Å². The molecule has 0 aliphatic carbocycles. The summed E-state index contributed by atoms with van der Waals surface area (Å²) in [6, 6.07) is 15.9. The second-order valence-corrected chi connectivity index (χ2v) is 11.0. The summed E-state index contributed by atoms with van der Waals surface area (Å²) in [4.78, 5) is 34.7. The number of urea groups is 1. The van der Waals surface area contributed by atoms with Crippen molar-refractivity contribution in [3.8, 4) is 11.5 Å². The van der Waals surface area contributed by atoms with E-state index in [4.69, 9.17) is 11.6 Å². The molecular formula is C31H38ClN5O4. The van der Waals surface area contributed by atoms with Gasteiger partial charge in [-0.1, -0.05) is 41.9 Å². The molecule has 0 unspecified atom stereocenters. The summed E-state index contributed by atoms with van der Waals surface area (Å²) in [5.74, 6) is -0.664. The monoisotopic (exact) mass is 579 g/mol. The van der Waals surface area contributed by atoms with Crippen LogP contribution in [0.1, 0.15) is 53.4 Å². The molecule has 3 amide bonds. The van der Waals surface area contributed by atoms with Crippen molar-refractivity contribution in [2.45, 2.75) is 58.7 Å². The van der Waals surface area contributed by atoms with Gasteiger partial charge in [-0.15, -0.1) is 0 Å². The van der Waals surface area contributed by atoms with Crippen LogP contribution in [0.5, 0.6) is 11.5 Å². The Morgan fingerprint density at radius 1 is 1.07 bits per heavy atom. The van der Waals surface area contributed by atoms with E-state index < -0.39 is 0 Å². The van der Waals surface area contributed by atoms with E-state index in [-0.39, 0.29) is 35.5 Å². The van der Waals surface area contributed by atoms with Crippen LogP contribution in [0.4, 0.5) is 10.5 Å². The van der Waals surface area contributed by atoms with Crippen molar-refractivity contribution >= 4 is 29.2 Å². The molecule has 4 N–H and O–H groups in total. The van der Waals surface area contributed by atoms with E-state index >= 15 is 0 Å². The van der Waals surface area contributed by atoms with E-state index in [1.54, 1.807) is 19.1 Å². The molecule has 4 rings (SSSR count). The van der Waals surface area contributed by atoms with Gasteiger partial charge in [-0.2, -0.15) is 0 Å². The van der Waals surface area contributed by atoms with Crippen molar-refractivity contribution in [2.75, 3.05) is 25.0 Å². The number of amides is 3. The zero-order chi connectivity index (χ0) is 29.5. The molecule has 1 saturated heterocycles. The third-order valence-corrected chi connectivity index (χ3v) is 7.88. The molecule has 1 aromatic heterocycles. The average molecular weight is 580 g/mol. The van der Waals surface area contributed by atoms with E-state index in [1.165, 1.54) is 12.1 Å². The number of pyridine rings is 1. The fourth-order valence-corrected chi connectivity index (χ4v) is 5.67. The van der Waals surface area contributed by atoms with Gasteiger partial charge in [-0.05, 0) is 69.4 Å². The number of likely N-dealkylation sites (tertiary alicyclic amines) is 1. The molecule has 218 valence electrons. The van der Waals surface area contributed by atoms with Gasteiger partial charge in [-0.25, -0.2) is 9.78 Å². The zero-order valence-corrected chi connectivity index (χ0v) is 24.5. The first-order valence-electron chi connectivity index (χ1n) is 13.9. The van der Waals surface area contributed by atoms with E-state index in [2.05, 4.69) is 27.4 Å². The number of anilines is 1. The minimum Gasteiger partial charge on any atom is -0.504 e. The molecule has 0 saturated carbocycles. The van der Waals surface area contributed by atoms with Gasteiger partial charge in [0.05, 0.1) is 11.3 Å². The lowest BCUT2D eigenvalue weighted by atomic mass is 10.00. The smallest absolute Gasteiger partial charge is 0.322 e. The maximum atomic E-state index is 13.4. The largest absolute Gasteiger partial charge is 0.504 e. The number of piperidine rings is 1. The summed E-state index contributed by atoms with van der Waals surface area (Å²) >= 11 is 6.00. The molecular weight excluding hydrogens is 542 g/mol. The highest BCUT2D eigenvalue weighted by Crippen LogP contribution is 2.28. The molecule has 0 radical (unpaired) electrons. The molecule has 1 fully saturated rings. The fourth-order valence-electron chi connectivity index (χ4n) is 5.38. The summed E-state index contributed by atoms with van der Waals surface area (Å²) in [5.41, 5.74) is 3.44. The maximum absolute atomic E-state index is 13.4. The fraction of sp³-hybridized carbons (Fsp3) is 0.387. The van der Waals surface area contributed by atoms with Crippen LogP contribution in [0.3, 0.4) is 0 Å². The third kappa shape index (κ3) is 7.89. The standard InChI is InChI=1S/C31H38ClN5O4/c1-20-17-28(32)34-22(3)29(20)30(40)33-14-11-21(2)36-15-12-25(13-16-36)37(19-23-7-5-4-6-8-23)31(41)35-24-9-10-26(38)27(39)18-24/h4-10,17-18,21,25,38-39H,11-16,19H2,1-3H3,(H,33,40)(H,35,41)/t21-/m1/s1. The lowest BCUT2D eigenvalue weighted by Gasteiger charge is -2.40. The lowest BCUT2D eigenvalue weighted by Crippen LogP contribution is -2.50. The van der Waals surface area contributed by atoms with Crippen LogP contribution in [0.25, 0.3) is 0 Å². The van der Waals surface area contributed by atoms with Crippen LogP contribution >= 0.6 is 11.6 Å². The number of rotatable bonds is 9. The summed E-state index contributed by atoms with van der Waals surface area (Å²) < 4.78 is 0. The van der Waals surface area contributed by atoms with E-state index in [0.717, 1.165) is 43.5 Å². The highest BCUT2D eigenvalue weighted by Gasteiger charge is 2.30. The van der Waals surface area contributed by atoms with E-state index in [9.17, 15) is 19.8 Å². The molecule has 2 aromatic carbocycles. The van der Waals surface area contributed by atoms with Crippen LogP contribution in [0, 0.1) is 13.8 Å². The van der Waals surface area contributed by atoms with Crippen molar-refractivity contribution in [1.29, 1.82) is 0 Å². The Hall–Kier alpha value is -3.82. The Morgan fingerprint density at radius 3 is 2.44 bits per heavy atom. The van der Waals surface area contributed by atoms with Crippen LogP contribution < -0.4 is 10.6 Å². The predicted molar refractivity (Wildman–Crippen MR) is 161 cm³/mol. The molecule has 9 nitrogen and oxygen atoms in total. The minimum atomic E-state index is -0.286. The normalized spacial score (nSPS) is 14.8. The molecule has 1 aliphatic heterocycles. The van der Waals surface area contributed by atoms with Gasteiger partial charge in [-0.3, -0.25) is 4.79 Å². The van der Waals surface area contributed by atoms with Crippen molar-refractivity contribution < 1.29 is 19.8 Å². The van der Waals surface area contributed by atoms with Crippen LogP contribution in [0.2, 0.25) is 5.15 Å². The number of phenolic OH excluding ortho intramolecular Hbond substituents is 2. The molecule has 1 aliphatic rings. The summed E-state index contributed by atoms with van der Waals surface area (Å²) in [5, 5.41) is 25.7. The highest BCUT2D eigenvalue weighted by molar-refractivity contribution is 6.29. The van der Waals surface area contributed by atoms with E-state index in [0.29, 0.717) is 35.2 Å². The topological polar surface area (TPSA) is 118 Å². The molecule has 1 atom stereocenters. The number of nitrogens with zero attached hydrogens (tertiary/aromatic N) is 3. The van der Waals surface area contributed by atoms with Crippen molar-refractivity contribution in [1.82, 2.24) is 20.1 Å². The average Bonchev–Trinajstić information content (AvgIpc) is 2.94. The third-order valence-electron chi connectivity index (χ3n) is 7.69. The number of benzene rings is 2. The first-order valence-corrected chi connectivity index (χ1v) is 14.3. The van der Waals surface area contributed by atoms with Crippen molar-refractivity contribution in [2.24, 2.45) is 0 Å². The van der Waals surface area contributed by atoms with Gasteiger partial charge in [0.1, 0.15) is 5.15 Å². The van der Waals surface area contributed by atoms with Crippen molar-refractivity contribution in [3.63, 3.8) is 0 Å². The van der Waals surface area contributed by atoms with Crippen LogP contribution in [0.15, 0.2) is 54.6 Å². The summed E-state index contributed by atoms with van der Waals surface area (Å²) in [6.07, 6.45) is 2.42. The Bertz CT molecular complexity index is 1340. The van der Waals surface area contributed by atoms with E-state index in [1.807, 2.05) is 42.2 Å². The first-order chi connectivity index (χ1) is 19.6. The van der Waals surface area contributed by atoms with Crippen LogP contribution in [-0.4, -0.2) is 68.7 Å². The van der Waals surface area contributed by atoms with Crippen LogP contribution in [-0.2, 0) is 6.54 Å². The number of hydrogen-bond acceptors (Lipinski definition) is 6. The second kappa shape index (κ2) is 13.7. The quantitative estimate of drug-likeness (QED) is 0.152. The summed E-state index contributed by atoms with van der Waals surface area (Å²) in [6.45, 7) is 8.48. The van der Waals surface area contributed by atoms with Gasteiger partial charge in [0.2, 0.25) is 0 Å². The number of phenols is 2. The number of hydrogen-bond donors (Lipinski definition) is 4. The SMILES string of the molecule is Cc1cc(Cl)nc(C)c1C(=O)NCC[C@@H](C)N1CCC(N(Cc2ccccc2)C(=O)Nc2ccc(O)c(O)c2)CC1. The Morgan fingerprint density at radius 2 is 1.78 bits per heavy atom. The van der Waals surface area contributed by atoms with Crippen molar-refractivity contribution in [3.05, 3.63) is 82.1 Å². The molecule has 0 spiro atoms. The summed E-state index contributed by atoms with van der Waals surface area (Å²) in [7, 11) is 0. The van der Waals surface area contributed by atoms with Gasteiger partial charge < -0.3 is 30.6 Å². The Kier molecular flexibility index (Phi) is 10.1. The molecule has 2 heterocycles. The first kappa shape index (κ1) is 30.1. The number of nitrogens with one attached hydrogen (secondary N) is 2. The Balaban J connectivity index is 1.33. The molecule has 3 aromatic rings. The number of carbonyl (C=O) groups is 2. The Labute approximate surface area is 246 Å². The molecule has 0 bridgehead atoms. The number of aromatic nitrogens is 1. The number of halogens is 1. The zero-order valence-electron chi connectivity index (χ0n) is 23.7. The molecule has 41 heavy (non-hydrogen) atoms. The number of aromatic hydroxyl groups is 2. The predicted octanol–water partition coefficient (Wildman–Crippen LogP) is 5.47. The second-order valence-electron chi connectivity index (χ2n) is 10.6. The maximum Gasteiger partial charge on any atom is 0.322 e. The van der Waals surface area contributed by atoms with Gasteiger partial charge in [0.15, 0.2) is 11.5 Å². The van der Waals surface area contributed by atoms with Gasteiger partial charge >= 0.3 is 6.03 Å². The van der Waals surface area contributed by atoms with Gasteiger partial charge in [0.25, 0.3) is 5.91 Å². The highest BCUT2D eigenvalue weighted by atomic mass is 35.5. The number of aryl methyl sites for hydroxylation is 2. The number of carbonyl (C=O) groups excluding carboxylic acids is 2. The lowest BCUT2D eigenvalue weighted by molar-refractivity contribution is 0.0918.